The SMILES string of the molecule is CCCCCCCCCCCOc1ccccc1[N+](=O)[O-]. The summed E-state index contributed by atoms with van der Waals surface area (Å²) >= 11 is 0. The molecule has 0 heterocycles. The van der Waals surface area contributed by atoms with Gasteiger partial charge >= 0.3 is 5.69 Å². The van der Waals surface area contributed by atoms with Crippen LogP contribution in [0.4, 0.5) is 5.69 Å². The lowest BCUT2D eigenvalue weighted by atomic mass is 10.1. The average Bonchev–Trinajstić information content (AvgIpc) is 2.49. The van der Waals surface area contributed by atoms with E-state index in [1.807, 2.05) is 0 Å². The third kappa shape index (κ3) is 7.69. The predicted octanol–water partition coefficient (Wildman–Crippen LogP) is 5.50. The molecule has 0 saturated carbocycles. The van der Waals surface area contributed by atoms with Gasteiger partial charge in [0.1, 0.15) is 0 Å². The summed E-state index contributed by atoms with van der Waals surface area (Å²) in [6.07, 6.45) is 11.3. The Bertz CT molecular complexity index is 407. The number of unbranched alkanes of at least 4 members (excludes halogenated alkanes) is 8. The molecule has 21 heavy (non-hydrogen) atoms. The molecule has 0 bridgehead atoms. The van der Waals surface area contributed by atoms with Crippen molar-refractivity contribution in [2.24, 2.45) is 0 Å². The highest BCUT2D eigenvalue weighted by atomic mass is 16.6. The molecule has 0 fully saturated rings. The Morgan fingerprint density at radius 1 is 0.952 bits per heavy atom. The highest BCUT2D eigenvalue weighted by Crippen LogP contribution is 2.25. The second kappa shape index (κ2) is 11.1. The number of hydrogen-bond acceptors (Lipinski definition) is 3. The van der Waals surface area contributed by atoms with Crippen LogP contribution in [0.5, 0.6) is 5.75 Å². The van der Waals surface area contributed by atoms with Crippen LogP contribution in [0.15, 0.2) is 24.3 Å². The van der Waals surface area contributed by atoms with Crippen LogP contribution < -0.4 is 4.74 Å². The maximum atomic E-state index is 10.8. The highest BCUT2D eigenvalue weighted by Gasteiger charge is 2.12. The lowest BCUT2D eigenvalue weighted by Crippen LogP contribution is -2.00. The summed E-state index contributed by atoms with van der Waals surface area (Å²) in [6, 6.07) is 6.56. The summed E-state index contributed by atoms with van der Waals surface area (Å²) in [5, 5.41) is 10.8. The minimum atomic E-state index is -0.397. The number of nitro benzene ring substituents is 1. The molecule has 1 aromatic carbocycles. The molecule has 4 nitrogen and oxygen atoms in total. The maximum absolute atomic E-state index is 10.8. The standard InChI is InChI=1S/C17H27NO3/c1-2-3-4-5-6-7-8-9-12-15-21-17-14-11-10-13-16(17)18(19)20/h10-11,13-14H,2-9,12,15H2,1H3. The third-order valence-corrected chi connectivity index (χ3v) is 3.57. The summed E-state index contributed by atoms with van der Waals surface area (Å²) in [5.41, 5.74) is 0.0495. The number of ether oxygens (including phenoxy) is 1. The predicted molar refractivity (Wildman–Crippen MR) is 85.8 cm³/mol. The first-order chi connectivity index (χ1) is 10.3. The zero-order valence-electron chi connectivity index (χ0n) is 13.1. The molecule has 1 rings (SSSR count). The van der Waals surface area contributed by atoms with Gasteiger partial charge in [-0.05, 0) is 12.5 Å². The van der Waals surface area contributed by atoms with Crippen LogP contribution in [0, 0.1) is 10.1 Å². The lowest BCUT2D eigenvalue weighted by molar-refractivity contribution is -0.385. The van der Waals surface area contributed by atoms with Crippen molar-refractivity contribution in [1.29, 1.82) is 0 Å². The van der Waals surface area contributed by atoms with E-state index in [2.05, 4.69) is 6.92 Å². The minimum Gasteiger partial charge on any atom is -0.487 e. The quantitative estimate of drug-likeness (QED) is 0.290. The van der Waals surface area contributed by atoms with Gasteiger partial charge in [-0.25, -0.2) is 0 Å². The van der Waals surface area contributed by atoms with E-state index in [-0.39, 0.29) is 5.69 Å². The fourth-order valence-electron chi connectivity index (χ4n) is 2.32. The summed E-state index contributed by atoms with van der Waals surface area (Å²) in [4.78, 5) is 10.4. The Labute approximate surface area is 127 Å². The Kier molecular flexibility index (Phi) is 9.25. The van der Waals surface area contributed by atoms with Crippen molar-refractivity contribution in [3.8, 4) is 5.75 Å². The second-order valence-electron chi connectivity index (χ2n) is 5.40. The molecule has 0 aliphatic rings. The fraction of sp³-hybridized carbons (Fsp3) is 0.647. The largest absolute Gasteiger partial charge is 0.487 e. The van der Waals surface area contributed by atoms with E-state index in [0.29, 0.717) is 12.4 Å². The van der Waals surface area contributed by atoms with Crippen molar-refractivity contribution in [2.45, 2.75) is 64.7 Å². The Morgan fingerprint density at radius 3 is 2.14 bits per heavy atom. The van der Waals surface area contributed by atoms with Gasteiger partial charge in [-0.15, -0.1) is 0 Å². The number of nitro groups is 1. The molecule has 0 aliphatic carbocycles. The van der Waals surface area contributed by atoms with Crippen LogP contribution in [0.2, 0.25) is 0 Å². The normalized spacial score (nSPS) is 10.5. The molecule has 0 aliphatic heterocycles. The van der Waals surface area contributed by atoms with E-state index in [9.17, 15) is 10.1 Å². The van der Waals surface area contributed by atoms with Gasteiger partial charge in [0.2, 0.25) is 0 Å². The van der Waals surface area contributed by atoms with Crippen molar-refractivity contribution >= 4 is 5.69 Å². The fourth-order valence-corrected chi connectivity index (χ4v) is 2.32. The van der Waals surface area contributed by atoms with Crippen molar-refractivity contribution in [3.63, 3.8) is 0 Å². The van der Waals surface area contributed by atoms with Crippen LogP contribution >= 0.6 is 0 Å². The van der Waals surface area contributed by atoms with E-state index in [0.717, 1.165) is 12.8 Å². The maximum Gasteiger partial charge on any atom is 0.310 e. The molecule has 1 aromatic rings. The molecule has 118 valence electrons. The van der Waals surface area contributed by atoms with Crippen LogP contribution in [0.25, 0.3) is 0 Å². The van der Waals surface area contributed by atoms with Crippen LogP contribution in [0.3, 0.4) is 0 Å². The van der Waals surface area contributed by atoms with E-state index in [1.165, 1.54) is 51.0 Å². The van der Waals surface area contributed by atoms with Crippen LogP contribution in [-0.2, 0) is 0 Å². The Balaban J connectivity index is 2.06. The summed E-state index contributed by atoms with van der Waals surface area (Å²) in [6.45, 7) is 2.79. The first-order valence-corrected chi connectivity index (χ1v) is 8.12. The molecule has 0 spiro atoms. The van der Waals surface area contributed by atoms with Gasteiger partial charge in [0.15, 0.2) is 5.75 Å². The lowest BCUT2D eigenvalue weighted by Gasteiger charge is -2.06. The van der Waals surface area contributed by atoms with E-state index in [4.69, 9.17) is 4.74 Å². The molecule has 4 heteroatoms. The Morgan fingerprint density at radius 2 is 1.52 bits per heavy atom. The van der Waals surface area contributed by atoms with E-state index in [1.54, 1.807) is 18.2 Å². The summed E-state index contributed by atoms with van der Waals surface area (Å²) in [7, 11) is 0. The first kappa shape index (κ1) is 17.5. The molecule has 0 radical (unpaired) electrons. The Hall–Kier alpha value is -1.58. The van der Waals surface area contributed by atoms with Gasteiger partial charge in [-0.2, -0.15) is 0 Å². The molecule has 0 saturated heterocycles. The number of para-hydroxylation sites is 2. The number of hydrogen-bond donors (Lipinski definition) is 0. The van der Waals surface area contributed by atoms with Gasteiger partial charge in [0.25, 0.3) is 0 Å². The van der Waals surface area contributed by atoms with Gasteiger partial charge in [-0.3, -0.25) is 10.1 Å². The van der Waals surface area contributed by atoms with Crippen molar-refractivity contribution in [1.82, 2.24) is 0 Å². The molecule has 0 amide bonds. The summed E-state index contributed by atoms with van der Waals surface area (Å²) < 4.78 is 5.52. The van der Waals surface area contributed by atoms with Gasteiger partial charge in [0.05, 0.1) is 11.5 Å². The molecular formula is C17H27NO3. The van der Waals surface area contributed by atoms with Crippen molar-refractivity contribution in [2.75, 3.05) is 6.61 Å². The number of rotatable bonds is 12. The second-order valence-corrected chi connectivity index (χ2v) is 5.40. The molecule has 0 N–H and O–H groups in total. The number of nitrogens with zero attached hydrogens (tertiary/aromatic N) is 1. The zero-order chi connectivity index (χ0) is 15.3. The molecule has 0 unspecified atom stereocenters. The molecule has 0 atom stereocenters. The van der Waals surface area contributed by atoms with Crippen LogP contribution in [-0.4, -0.2) is 11.5 Å². The third-order valence-electron chi connectivity index (χ3n) is 3.57. The van der Waals surface area contributed by atoms with Crippen molar-refractivity contribution < 1.29 is 9.66 Å². The monoisotopic (exact) mass is 293 g/mol. The smallest absolute Gasteiger partial charge is 0.310 e. The van der Waals surface area contributed by atoms with E-state index >= 15 is 0 Å². The topological polar surface area (TPSA) is 52.4 Å². The van der Waals surface area contributed by atoms with Crippen LogP contribution in [0.1, 0.15) is 64.7 Å². The van der Waals surface area contributed by atoms with Gasteiger partial charge in [-0.1, -0.05) is 70.4 Å². The van der Waals surface area contributed by atoms with Gasteiger partial charge in [0, 0.05) is 6.07 Å². The minimum absolute atomic E-state index is 0.0495. The van der Waals surface area contributed by atoms with Crippen molar-refractivity contribution in [3.05, 3.63) is 34.4 Å². The molecular weight excluding hydrogens is 266 g/mol. The average molecular weight is 293 g/mol. The first-order valence-electron chi connectivity index (χ1n) is 8.12. The highest BCUT2D eigenvalue weighted by molar-refractivity contribution is 5.45. The zero-order valence-corrected chi connectivity index (χ0v) is 13.1. The van der Waals surface area contributed by atoms with E-state index < -0.39 is 4.92 Å². The number of benzene rings is 1. The summed E-state index contributed by atoms with van der Waals surface area (Å²) in [5.74, 6) is 0.377. The molecule has 0 aromatic heterocycles. The van der Waals surface area contributed by atoms with Gasteiger partial charge < -0.3 is 4.74 Å².